The van der Waals surface area contributed by atoms with Gasteiger partial charge in [0.1, 0.15) is 11.4 Å². The number of benzene rings is 1. The Balaban J connectivity index is 1.48. The van der Waals surface area contributed by atoms with Gasteiger partial charge in [0.25, 0.3) is 0 Å². The van der Waals surface area contributed by atoms with Crippen LogP contribution in [0.2, 0.25) is 0 Å². The molecule has 0 atom stereocenters. The van der Waals surface area contributed by atoms with Crippen LogP contribution in [0.4, 0.5) is 10.6 Å². The van der Waals surface area contributed by atoms with Crippen LogP contribution in [0.3, 0.4) is 0 Å². The predicted molar refractivity (Wildman–Crippen MR) is 140 cm³/mol. The topological polar surface area (TPSA) is 74.6 Å². The molecule has 1 saturated carbocycles. The largest absolute Gasteiger partial charge is 0.494 e. The number of nitrogens with zero attached hydrogens (tertiary/aromatic N) is 2. The van der Waals surface area contributed by atoms with E-state index in [0.29, 0.717) is 18.3 Å². The molecule has 8 heteroatoms. The first kappa shape index (κ1) is 25.8. The Morgan fingerprint density at radius 1 is 1.11 bits per heavy atom. The number of aromatic nitrogens is 2. The maximum atomic E-state index is 12.7. The molecular formula is C27H40BN3O4. The standard InChI is InChI=1S/C27H40BN3O4/c1-24(2,3)33-23(32)31-21(18-13-14-18)16-22(30-31)29-17-25(4,5)19-11-10-12-20(15-19)28-34-26(6,7)27(8,9)35-28/h10-12,15-16,18H,13-14,17H2,1-9H3,(H,29,30). The Morgan fingerprint density at radius 2 is 1.74 bits per heavy atom. The van der Waals surface area contributed by atoms with E-state index in [1.54, 1.807) is 0 Å². The predicted octanol–water partition coefficient (Wildman–Crippen LogP) is 5.23. The molecule has 0 bridgehead atoms. The zero-order valence-electron chi connectivity index (χ0n) is 22.7. The lowest BCUT2D eigenvalue weighted by Gasteiger charge is -2.32. The molecule has 1 N–H and O–H groups in total. The van der Waals surface area contributed by atoms with E-state index in [2.05, 4.69) is 76.2 Å². The quantitative estimate of drug-likeness (QED) is 0.570. The number of ether oxygens (including phenoxy) is 1. The highest BCUT2D eigenvalue weighted by molar-refractivity contribution is 6.62. The summed E-state index contributed by atoms with van der Waals surface area (Å²) in [6.07, 6.45) is 1.72. The number of hydrogen-bond donors (Lipinski definition) is 1. The van der Waals surface area contributed by atoms with Gasteiger partial charge in [0.05, 0.1) is 16.9 Å². The zero-order chi connectivity index (χ0) is 25.8. The molecule has 190 valence electrons. The number of rotatable bonds is 6. The minimum absolute atomic E-state index is 0.199. The highest BCUT2D eigenvalue weighted by Crippen LogP contribution is 2.41. The first-order valence-electron chi connectivity index (χ1n) is 12.6. The summed E-state index contributed by atoms with van der Waals surface area (Å²) in [4.78, 5) is 12.7. The van der Waals surface area contributed by atoms with Crippen LogP contribution in [-0.4, -0.2) is 46.3 Å². The molecule has 2 fully saturated rings. The first-order valence-corrected chi connectivity index (χ1v) is 12.6. The van der Waals surface area contributed by atoms with Crippen molar-refractivity contribution >= 4 is 24.5 Å². The molecule has 1 aromatic carbocycles. The van der Waals surface area contributed by atoms with Crippen LogP contribution in [0.1, 0.15) is 92.3 Å². The second-order valence-electron chi connectivity index (χ2n) is 12.6. The van der Waals surface area contributed by atoms with Gasteiger partial charge in [0.15, 0.2) is 0 Å². The number of nitrogens with one attached hydrogen (secondary N) is 1. The van der Waals surface area contributed by atoms with Gasteiger partial charge in [0.2, 0.25) is 0 Å². The van der Waals surface area contributed by atoms with Crippen molar-refractivity contribution in [2.24, 2.45) is 0 Å². The number of carbonyl (C=O) groups is 1. The molecule has 1 aliphatic carbocycles. The maximum absolute atomic E-state index is 12.7. The number of hydrogen-bond acceptors (Lipinski definition) is 6. The van der Waals surface area contributed by atoms with E-state index in [9.17, 15) is 4.79 Å². The van der Waals surface area contributed by atoms with Crippen molar-refractivity contribution in [3.8, 4) is 0 Å². The molecule has 2 aliphatic rings. The molecule has 2 aromatic rings. The minimum atomic E-state index is -0.568. The van der Waals surface area contributed by atoms with Gasteiger partial charge < -0.3 is 19.4 Å². The summed E-state index contributed by atoms with van der Waals surface area (Å²) in [7, 11) is -0.394. The molecule has 1 aromatic heterocycles. The fourth-order valence-corrected chi connectivity index (χ4v) is 4.10. The van der Waals surface area contributed by atoms with Crippen molar-refractivity contribution in [2.45, 2.75) is 103 Å². The van der Waals surface area contributed by atoms with Crippen LogP contribution in [0.5, 0.6) is 0 Å². The Morgan fingerprint density at radius 3 is 2.31 bits per heavy atom. The van der Waals surface area contributed by atoms with Crippen LogP contribution < -0.4 is 10.8 Å². The number of anilines is 1. The highest BCUT2D eigenvalue weighted by Gasteiger charge is 2.51. The monoisotopic (exact) mass is 481 g/mol. The first-order chi connectivity index (χ1) is 16.1. The van der Waals surface area contributed by atoms with Crippen LogP contribution in [0, 0.1) is 0 Å². The lowest BCUT2D eigenvalue weighted by molar-refractivity contribution is 0.00578. The third kappa shape index (κ3) is 5.59. The van der Waals surface area contributed by atoms with Crippen LogP contribution >= 0.6 is 0 Å². The average molecular weight is 481 g/mol. The Hall–Kier alpha value is -2.32. The van der Waals surface area contributed by atoms with Gasteiger partial charge in [-0.1, -0.05) is 38.1 Å². The molecule has 0 amide bonds. The third-order valence-electron chi connectivity index (χ3n) is 7.20. The lowest BCUT2D eigenvalue weighted by atomic mass is 9.75. The fraction of sp³-hybridized carbons (Fsp3) is 0.630. The van der Waals surface area contributed by atoms with Gasteiger partial charge in [0, 0.05) is 23.9 Å². The third-order valence-corrected chi connectivity index (χ3v) is 7.20. The Labute approximate surface area is 210 Å². The summed E-state index contributed by atoms with van der Waals surface area (Å²) in [5, 5.41) is 8.01. The van der Waals surface area contributed by atoms with E-state index in [1.165, 1.54) is 10.2 Å². The van der Waals surface area contributed by atoms with E-state index in [0.717, 1.165) is 24.0 Å². The molecule has 0 spiro atoms. The van der Waals surface area contributed by atoms with E-state index >= 15 is 0 Å². The van der Waals surface area contributed by atoms with E-state index in [1.807, 2.05) is 26.8 Å². The van der Waals surface area contributed by atoms with E-state index in [4.69, 9.17) is 14.0 Å². The fourth-order valence-electron chi connectivity index (χ4n) is 4.10. The van der Waals surface area contributed by atoms with Gasteiger partial charge in [-0.3, -0.25) is 0 Å². The smallest absolute Gasteiger partial charge is 0.442 e. The Kier molecular flexibility index (Phi) is 6.38. The number of carbonyl (C=O) groups excluding carboxylic acids is 1. The second-order valence-corrected chi connectivity index (χ2v) is 12.6. The van der Waals surface area contributed by atoms with Crippen molar-refractivity contribution < 1.29 is 18.8 Å². The summed E-state index contributed by atoms with van der Waals surface area (Å²) in [5.41, 5.74) is 1.58. The molecule has 1 aliphatic heterocycles. The maximum Gasteiger partial charge on any atom is 0.494 e. The Bertz CT molecular complexity index is 1080. The van der Waals surface area contributed by atoms with Gasteiger partial charge in [-0.2, -0.15) is 4.68 Å². The van der Waals surface area contributed by atoms with Crippen molar-refractivity contribution in [3.05, 3.63) is 41.6 Å². The average Bonchev–Trinajstić information content (AvgIpc) is 3.44. The second kappa shape index (κ2) is 8.66. The van der Waals surface area contributed by atoms with Gasteiger partial charge >= 0.3 is 13.2 Å². The molecule has 35 heavy (non-hydrogen) atoms. The van der Waals surface area contributed by atoms with Crippen molar-refractivity contribution in [3.63, 3.8) is 0 Å². The molecular weight excluding hydrogens is 441 g/mol. The van der Waals surface area contributed by atoms with Crippen LogP contribution in [0.15, 0.2) is 30.3 Å². The lowest BCUT2D eigenvalue weighted by Crippen LogP contribution is -2.41. The van der Waals surface area contributed by atoms with Crippen LogP contribution in [-0.2, 0) is 19.5 Å². The summed E-state index contributed by atoms with van der Waals surface area (Å²) in [5.74, 6) is 1.06. The molecule has 2 heterocycles. The zero-order valence-corrected chi connectivity index (χ0v) is 22.7. The van der Waals surface area contributed by atoms with Crippen LogP contribution in [0.25, 0.3) is 0 Å². The molecule has 0 radical (unpaired) electrons. The molecule has 7 nitrogen and oxygen atoms in total. The van der Waals surface area contributed by atoms with E-state index < -0.39 is 18.8 Å². The summed E-state index contributed by atoms with van der Waals surface area (Å²) in [6.45, 7) is 18.9. The van der Waals surface area contributed by atoms with Gasteiger partial charge in [-0.15, -0.1) is 5.10 Å². The molecule has 4 rings (SSSR count). The summed E-state index contributed by atoms with van der Waals surface area (Å²) in [6, 6.07) is 10.4. The SMILES string of the molecule is CC(C)(C)OC(=O)n1nc(NCC(C)(C)c2cccc(B3OC(C)(C)C(C)(C)O3)c2)cc1C1CC1. The minimum Gasteiger partial charge on any atom is -0.442 e. The normalized spacial score (nSPS) is 19.6. The van der Waals surface area contributed by atoms with Crippen molar-refractivity contribution in [2.75, 3.05) is 11.9 Å². The molecule has 0 unspecified atom stereocenters. The van der Waals surface area contributed by atoms with Gasteiger partial charge in [-0.25, -0.2) is 4.79 Å². The van der Waals surface area contributed by atoms with Crippen molar-refractivity contribution in [1.29, 1.82) is 0 Å². The molecule has 1 saturated heterocycles. The highest BCUT2D eigenvalue weighted by atomic mass is 16.7. The van der Waals surface area contributed by atoms with Crippen molar-refractivity contribution in [1.82, 2.24) is 9.78 Å². The summed E-state index contributed by atoms with van der Waals surface area (Å²) >= 11 is 0. The summed E-state index contributed by atoms with van der Waals surface area (Å²) < 4.78 is 19.5. The van der Waals surface area contributed by atoms with Gasteiger partial charge in [-0.05, 0) is 72.3 Å². The van der Waals surface area contributed by atoms with E-state index in [-0.39, 0.29) is 16.6 Å².